The van der Waals surface area contributed by atoms with Crippen LogP contribution in [0.25, 0.3) is 0 Å². The monoisotopic (exact) mass is 479 g/mol. The summed E-state index contributed by atoms with van der Waals surface area (Å²) in [6.07, 6.45) is -2.74. The molecule has 0 bridgehead atoms. The lowest BCUT2D eigenvalue weighted by Gasteiger charge is -2.43. The van der Waals surface area contributed by atoms with Gasteiger partial charge < -0.3 is 15.5 Å². The van der Waals surface area contributed by atoms with E-state index < -0.39 is 40.9 Å². The zero-order valence-corrected chi connectivity index (χ0v) is 19.1. The van der Waals surface area contributed by atoms with Crippen molar-refractivity contribution in [2.75, 3.05) is 18.5 Å². The number of halogens is 3. The van der Waals surface area contributed by atoms with Gasteiger partial charge in [-0.05, 0) is 56.0 Å². The molecule has 0 saturated heterocycles. The first-order chi connectivity index (χ1) is 15.5. The van der Waals surface area contributed by atoms with Gasteiger partial charge in [0.05, 0.1) is 17.0 Å². The second kappa shape index (κ2) is 9.38. The number of thiophene rings is 1. The van der Waals surface area contributed by atoms with E-state index >= 15 is 0 Å². The number of alkyl halides is 3. The summed E-state index contributed by atoms with van der Waals surface area (Å²) in [5.41, 5.74) is -2.62. The zero-order chi connectivity index (χ0) is 24.4. The van der Waals surface area contributed by atoms with E-state index in [4.69, 9.17) is 0 Å². The average Bonchev–Trinajstić information content (AvgIpc) is 3.29. The van der Waals surface area contributed by atoms with Crippen LogP contribution in [0.3, 0.4) is 0 Å². The molecule has 1 aliphatic heterocycles. The molecule has 10 heteroatoms. The number of nitrogens with one attached hydrogen (secondary N) is 2. The molecule has 0 radical (unpaired) electrons. The molecule has 0 aliphatic carbocycles. The van der Waals surface area contributed by atoms with E-state index in [2.05, 4.69) is 10.6 Å². The third-order valence-corrected chi connectivity index (χ3v) is 6.73. The van der Waals surface area contributed by atoms with Gasteiger partial charge in [0, 0.05) is 24.2 Å². The summed E-state index contributed by atoms with van der Waals surface area (Å²) in [6.45, 7) is 3.37. The van der Waals surface area contributed by atoms with Crippen LogP contribution in [-0.4, -0.2) is 37.4 Å². The summed E-state index contributed by atoms with van der Waals surface area (Å²) >= 11 is 1.53. The van der Waals surface area contributed by atoms with Crippen molar-refractivity contribution in [3.05, 3.63) is 63.9 Å². The predicted octanol–water partition coefficient (Wildman–Crippen LogP) is 3.54. The molecule has 1 aromatic heterocycles. The van der Waals surface area contributed by atoms with E-state index in [1.54, 1.807) is 13.8 Å². The minimum atomic E-state index is -4.61. The van der Waals surface area contributed by atoms with E-state index in [0.29, 0.717) is 6.42 Å². The summed E-state index contributed by atoms with van der Waals surface area (Å²) in [4.78, 5) is 41.1. The van der Waals surface area contributed by atoms with Crippen LogP contribution in [0, 0.1) is 5.41 Å². The molecule has 33 heavy (non-hydrogen) atoms. The Morgan fingerprint density at radius 2 is 1.94 bits per heavy atom. The highest BCUT2D eigenvalue weighted by Gasteiger charge is 2.48. The van der Waals surface area contributed by atoms with Gasteiger partial charge >= 0.3 is 6.18 Å². The molecule has 0 spiro atoms. The average molecular weight is 480 g/mol. The molecule has 2 unspecified atom stereocenters. The zero-order valence-electron chi connectivity index (χ0n) is 18.3. The van der Waals surface area contributed by atoms with Gasteiger partial charge in [-0.3, -0.25) is 14.4 Å². The number of carbonyl (C=O) groups excluding carboxylic acids is 3. The Morgan fingerprint density at radius 1 is 1.21 bits per heavy atom. The Balaban J connectivity index is 1.97. The molecule has 3 amide bonds. The number of rotatable bonds is 6. The third kappa shape index (κ3) is 4.95. The SMILES string of the molecule is CNC(=O)C1(C)C=C(C(=O)NCCc2cccs2)C(=O)N(c2cccc(C(F)(F)F)c2)C1C. The standard InChI is InChI=1S/C23H24F3N3O3S/c1-14-22(2,21(32)27-3)13-18(19(30)28-10-9-17-8-5-11-33-17)20(31)29(14)16-7-4-6-15(12-16)23(24,25)26/h4-8,11-14H,9-10H2,1-3H3,(H,27,32)(H,28,30). The Morgan fingerprint density at radius 3 is 2.55 bits per heavy atom. The lowest BCUT2D eigenvalue weighted by molar-refractivity contribution is -0.138. The highest BCUT2D eigenvalue weighted by atomic mass is 32.1. The van der Waals surface area contributed by atoms with Crippen LogP contribution in [0.5, 0.6) is 0 Å². The number of carbonyl (C=O) groups is 3. The first-order valence-electron chi connectivity index (χ1n) is 10.3. The molecule has 2 heterocycles. The lowest BCUT2D eigenvalue weighted by Crippen LogP contribution is -2.58. The van der Waals surface area contributed by atoms with E-state index in [-0.39, 0.29) is 17.8 Å². The number of hydrogen-bond acceptors (Lipinski definition) is 4. The topological polar surface area (TPSA) is 78.5 Å². The van der Waals surface area contributed by atoms with Gasteiger partial charge in [0.25, 0.3) is 11.8 Å². The number of benzene rings is 1. The van der Waals surface area contributed by atoms with Gasteiger partial charge in [-0.25, -0.2) is 0 Å². The molecule has 0 fully saturated rings. The Labute approximate surface area is 193 Å². The van der Waals surface area contributed by atoms with Crippen molar-refractivity contribution >= 4 is 34.7 Å². The van der Waals surface area contributed by atoms with Crippen molar-refractivity contribution < 1.29 is 27.6 Å². The van der Waals surface area contributed by atoms with Gasteiger partial charge in [-0.15, -0.1) is 11.3 Å². The summed E-state index contributed by atoms with van der Waals surface area (Å²) in [5.74, 6) is -1.92. The van der Waals surface area contributed by atoms with Gasteiger partial charge in [-0.2, -0.15) is 13.2 Å². The maximum atomic E-state index is 13.3. The maximum absolute atomic E-state index is 13.3. The molecule has 2 aromatic rings. The quantitative estimate of drug-likeness (QED) is 0.623. The molecule has 1 aromatic carbocycles. The summed E-state index contributed by atoms with van der Waals surface area (Å²) in [6, 6.07) is 7.24. The van der Waals surface area contributed by atoms with E-state index in [9.17, 15) is 27.6 Å². The fourth-order valence-electron chi connectivity index (χ4n) is 3.77. The van der Waals surface area contributed by atoms with Crippen LogP contribution in [0.2, 0.25) is 0 Å². The smallest absolute Gasteiger partial charge is 0.358 e. The molecule has 1 aliphatic rings. The van der Waals surface area contributed by atoms with E-state index in [0.717, 1.165) is 21.9 Å². The van der Waals surface area contributed by atoms with Crippen molar-refractivity contribution in [3.8, 4) is 0 Å². The largest absolute Gasteiger partial charge is 0.416 e. The lowest BCUT2D eigenvalue weighted by atomic mass is 9.76. The van der Waals surface area contributed by atoms with Gasteiger partial charge in [-0.1, -0.05) is 12.1 Å². The molecule has 6 nitrogen and oxygen atoms in total. The van der Waals surface area contributed by atoms with Crippen LogP contribution < -0.4 is 15.5 Å². The minimum absolute atomic E-state index is 0.0468. The maximum Gasteiger partial charge on any atom is 0.416 e. The summed E-state index contributed by atoms with van der Waals surface area (Å²) in [7, 11) is 1.42. The van der Waals surface area contributed by atoms with E-state index in [1.807, 2.05) is 17.5 Å². The molecule has 3 rings (SSSR count). The molecule has 176 valence electrons. The summed E-state index contributed by atoms with van der Waals surface area (Å²) in [5, 5.41) is 7.11. The Kier molecular flexibility index (Phi) is 6.97. The number of nitrogens with zero attached hydrogens (tertiary/aromatic N) is 1. The minimum Gasteiger partial charge on any atom is -0.358 e. The van der Waals surface area contributed by atoms with Crippen molar-refractivity contribution in [1.29, 1.82) is 0 Å². The van der Waals surface area contributed by atoms with Crippen LogP contribution in [0.4, 0.5) is 18.9 Å². The van der Waals surface area contributed by atoms with Crippen molar-refractivity contribution in [3.63, 3.8) is 0 Å². The van der Waals surface area contributed by atoms with Crippen molar-refractivity contribution in [2.24, 2.45) is 5.41 Å². The second-order valence-electron chi connectivity index (χ2n) is 7.90. The fourth-order valence-corrected chi connectivity index (χ4v) is 4.47. The number of hydrogen-bond donors (Lipinski definition) is 2. The van der Waals surface area contributed by atoms with Gasteiger partial charge in [0.15, 0.2) is 0 Å². The normalized spacial score (nSPS) is 20.9. The predicted molar refractivity (Wildman–Crippen MR) is 120 cm³/mol. The fraction of sp³-hybridized carbons (Fsp3) is 0.348. The molecular formula is C23H24F3N3O3S. The Bertz CT molecular complexity index is 1080. The highest BCUT2D eigenvalue weighted by molar-refractivity contribution is 7.09. The van der Waals surface area contributed by atoms with Crippen LogP contribution in [-0.2, 0) is 27.0 Å². The number of amides is 3. The Hall–Kier alpha value is -3.14. The first kappa shape index (κ1) is 24.5. The molecule has 0 saturated carbocycles. The van der Waals surface area contributed by atoms with Crippen LogP contribution in [0.15, 0.2) is 53.4 Å². The number of anilines is 1. The van der Waals surface area contributed by atoms with E-state index in [1.165, 1.54) is 36.6 Å². The highest BCUT2D eigenvalue weighted by Crippen LogP contribution is 2.39. The van der Waals surface area contributed by atoms with Crippen LogP contribution in [0.1, 0.15) is 24.3 Å². The second-order valence-corrected chi connectivity index (χ2v) is 8.94. The summed E-state index contributed by atoms with van der Waals surface area (Å²) < 4.78 is 39.8. The van der Waals surface area contributed by atoms with Crippen LogP contribution >= 0.6 is 11.3 Å². The molecule has 2 atom stereocenters. The van der Waals surface area contributed by atoms with Crippen molar-refractivity contribution in [2.45, 2.75) is 32.5 Å². The van der Waals surface area contributed by atoms with Crippen molar-refractivity contribution in [1.82, 2.24) is 10.6 Å². The third-order valence-electron chi connectivity index (χ3n) is 5.80. The first-order valence-corrected chi connectivity index (χ1v) is 11.1. The van der Waals surface area contributed by atoms with Gasteiger partial charge in [0.1, 0.15) is 5.57 Å². The molecule has 2 N–H and O–H groups in total. The molecular weight excluding hydrogens is 455 g/mol. The van der Waals surface area contributed by atoms with Gasteiger partial charge in [0.2, 0.25) is 5.91 Å².